The number of fused-ring (bicyclic) bond motifs is 1. The van der Waals surface area contributed by atoms with E-state index in [4.69, 9.17) is 0 Å². The molecule has 1 aliphatic heterocycles. The predicted octanol–water partition coefficient (Wildman–Crippen LogP) is 1.61. The molecule has 0 aliphatic carbocycles. The number of nitrogens with zero attached hydrogens (tertiary/aromatic N) is 3. The fourth-order valence-corrected chi connectivity index (χ4v) is 2.04. The van der Waals surface area contributed by atoms with Gasteiger partial charge in [-0.15, -0.1) is 0 Å². The third-order valence-electron chi connectivity index (χ3n) is 2.87. The minimum Gasteiger partial charge on any atom is -0.421 e. The molecule has 0 saturated heterocycles. The van der Waals surface area contributed by atoms with Gasteiger partial charge in [0.25, 0.3) is 0 Å². The summed E-state index contributed by atoms with van der Waals surface area (Å²) in [5.74, 6) is 0.813. The monoisotopic (exact) mass is 315 g/mol. The van der Waals surface area contributed by atoms with E-state index in [1.165, 1.54) is 16.2 Å². The van der Waals surface area contributed by atoms with Crippen LogP contribution in [0.5, 0.6) is 0 Å². The van der Waals surface area contributed by atoms with E-state index < -0.39 is 0 Å². The van der Waals surface area contributed by atoms with Crippen molar-refractivity contribution in [3.63, 3.8) is 0 Å². The molecule has 3 rings (SSSR count). The summed E-state index contributed by atoms with van der Waals surface area (Å²) >= 11 is 0. The van der Waals surface area contributed by atoms with Crippen LogP contribution in [0.3, 0.4) is 0 Å². The van der Waals surface area contributed by atoms with Crippen LogP contribution in [0.1, 0.15) is 5.56 Å². The standard InChI is InChI=1S/C12H11N4.Rh/c1-9-4-2-3-5-10(9)16-8-15-12-11(16)6-13-7-14-12;/h2-7H,8H2,1H3;/q-1;+2/p+1. The van der Waals surface area contributed by atoms with E-state index in [-0.39, 0.29) is 19.5 Å². The minimum atomic E-state index is 0. The molecule has 1 radical (unpaired) electrons. The van der Waals surface area contributed by atoms with E-state index in [1.54, 1.807) is 6.33 Å². The fourth-order valence-electron chi connectivity index (χ4n) is 2.04. The Morgan fingerprint density at radius 1 is 1.24 bits per heavy atom. The molecule has 0 fully saturated rings. The average Bonchev–Trinajstić information content (AvgIpc) is 2.74. The first-order valence-electron chi connectivity index (χ1n) is 5.26. The van der Waals surface area contributed by atoms with Gasteiger partial charge in [0.05, 0.1) is 12.9 Å². The molecule has 0 spiro atoms. The summed E-state index contributed by atoms with van der Waals surface area (Å²) in [5, 5.41) is 4.41. The van der Waals surface area contributed by atoms with E-state index in [9.17, 15) is 0 Å². The number of hydrogen-bond acceptors (Lipinski definition) is 2. The molecule has 4 nitrogen and oxygen atoms in total. The Kier molecular flexibility index (Phi) is 3.50. The Labute approximate surface area is 113 Å². The van der Waals surface area contributed by atoms with E-state index in [1.807, 2.05) is 12.3 Å². The van der Waals surface area contributed by atoms with Gasteiger partial charge in [-0.3, -0.25) is 9.88 Å². The number of para-hydroxylation sites is 1. The van der Waals surface area contributed by atoms with Crippen LogP contribution >= 0.6 is 0 Å². The van der Waals surface area contributed by atoms with E-state index in [2.05, 4.69) is 40.4 Å². The van der Waals surface area contributed by atoms with Gasteiger partial charge in [-0.05, 0) is 13.0 Å². The molecule has 1 N–H and O–H groups in total. The number of benzene rings is 1. The summed E-state index contributed by atoms with van der Waals surface area (Å²) in [7, 11) is 0. The van der Waals surface area contributed by atoms with Gasteiger partial charge in [0.15, 0.2) is 5.69 Å². The molecule has 0 saturated carbocycles. The molecule has 2 heterocycles. The SMILES string of the molecule is Cc1ccccc1[NH+]1C[N-]c2ncncc21.[Rh+2]. The van der Waals surface area contributed by atoms with Gasteiger partial charge in [-0.25, -0.2) is 0 Å². The van der Waals surface area contributed by atoms with Gasteiger partial charge >= 0.3 is 19.5 Å². The van der Waals surface area contributed by atoms with Crippen LogP contribution in [0.2, 0.25) is 0 Å². The van der Waals surface area contributed by atoms with Crippen molar-refractivity contribution in [2.75, 3.05) is 6.67 Å². The smallest absolute Gasteiger partial charge is 0.421 e. The van der Waals surface area contributed by atoms with Gasteiger partial charge in [0, 0.05) is 17.7 Å². The maximum absolute atomic E-state index is 4.41. The predicted molar refractivity (Wildman–Crippen MR) is 61.4 cm³/mol. The van der Waals surface area contributed by atoms with Crippen LogP contribution in [-0.2, 0) is 19.5 Å². The minimum absolute atomic E-state index is 0. The second-order valence-corrected chi connectivity index (χ2v) is 3.87. The molecule has 17 heavy (non-hydrogen) atoms. The van der Waals surface area contributed by atoms with Crippen LogP contribution in [0.4, 0.5) is 17.2 Å². The molecule has 2 aromatic rings. The fraction of sp³-hybridized carbons (Fsp3) is 0.167. The molecular formula is C12H12N4Rh+2. The molecule has 87 valence electrons. The van der Waals surface area contributed by atoms with Gasteiger partial charge in [0.2, 0.25) is 0 Å². The zero-order chi connectivity index (χ0) is 11.0. The quantitative estimate of drug-likeness (QED) is 0.813. The first-order valence-corrected chi connectivity index (χ1v) is 5.26. The average molecular weight is 315 g/mol. The number of aryl methyl sites for hydroxylation is 1. The Morgan fingerprint density at radius 3 is 2.88 bits per heavy atom. The van der Waals surface area contributed by atoms with E-state index in [0.29, 0.717) is 6.67 Å². The van der Waals surface area contributed by atoms with Crippen molar-refractivity contribution in [3.05, 3.63) is 47.7 Å². The third-order valence-corrected chi connectivity index (χ3v) is 2.87. The summed E-state index contributed by atoms with van der Waals surface area (Å²) in [5.41, 5.74) is 3.58. The number of nitrogens with one attached hydrogen (secondary N) is 1. The van der Waals surface area contributed by atoms with Crippen LogP contribution in [0, 0.1) is 6.92 Å². The molecule has 1 aliphatic rings. The number of hydrogen-bond donors (Lipinski definition) is 1. The topological polar surface area (TPSA) is 44.3 Å². The van der Waals surface area contributed by atoms with Crippen molar-refractivity contribution < 1.29 is 24.4 Å². The third kappa shape index (κ3) is 2.08. The van der Waals surface area contributed by atoms with E-state index in [0.717, 1.165) is 11.5 Å². The summed E-state index contributed by atoms with van der Waals surface area (Å²) in [6.45, 7) is 2.82. The number of rotatable bonds is 1. The van der Waals surface area contributed by atoms with Gasteiger partial charge < -0.3 is 10.3 Å². The van der Waals surface area contributed by atoms with Gasteiger partial charge in [-0.2, -0.15) is 0 Å². The summed E-state index contributed by atoms with van der Waals surface area (Å²) in [6, 6.07) is 8.34. The molecular weight excluding hydrogens is 303 g/mol. The van der Waals surface area contributed by atoms with Crippen molar-refractivity contribution in [2.45, 2.75) is 6.92 Å². The van der Waals surface area contributed by atoms with Crippen molar-refractivity contribution in [2.24, 2.45) is 0 Å². The van der Waals surface area contributed by atoms with E-state index >= 15 is 0 Å². The first-order chi connectivity index (χ1) is 7.86. The summed E-state index contributed by atoms with van der Waals surface area (Å²) < 4.78 is 0. The molecule has 0 amide bonds. The second-order valence-electron chi connectivity index (χ2n) is 3.87. The maximum Gasteiger partial charge on any atom is 2.00 e. The van der Waals surface area contributed by atoms with Crippen molar-refractivity contribution >= 4 is 17.2 Å². The van der Waals surface area contributed by atoms with Crippen LogP contribution in [-0.4, -0.2) is 16.6 Å². The Balaban J connectivity index is 0.00000108. The molecule has 1 aromatic heterocycles. The Bertz CT molecular complexity index is 529. The second kappa shape index (κ2) is 4.90. The van der Waals surface area contributed by atoms with Gasteiger partial charge in [-0.1, -0.05) is 18.2 Å². The zero-order valence-electron chi connectivity index (χ0n) is 9.35. The number of quaternary nitrogens is 1. The van der Waals surface area contributed by atoms with Crippen LogP contribution in [0.15, 0.2) is 36.8 Å². The molecule has 0 bridgehead atoms. The maximum atomic E-state index is 4.41. The normalized spacial score (nSPS) is 16.9. The summed E-state index contributed by atoms with van der Waals surface area (Å²) in [6.07, 6.45) is 3.39. The summed E-state index contributed by atoms with van der Waals surface area (Å²) in [4.78, 5) is 9.47. The molecule has 1 aromatic carbocycles. The molecule has 1 unspecified atom stereocenters. The van der Waals surface area contributed by atoms with Crippen molar-refractivity contribution in [1.29, 1.82) is 0 Å². The van der Waals surface area contributed by atoms with Crippen LogP contribution < -0.4 is 4.90 Å². The molecule has 1 atom stereocenters. The largest absolute Gasteiger partial charge is 2.00 e. The van der Waals surface area contributed by atoms with Crippen molar-refractivity contribution in [1.82, 2.24) is 9.97 Å². The van der Waals surface area contributed by atoms with Crippen LogP contribution in [0.25, 0.3) is 5.32 Å². The van der Waals surface area contributed by atoms with Crippen molar-refractivity contribution in [3.8, 4) is 0 Å². The Hall–Kier alpha value is -1.32. The first kappa shape index (κ1) is 12.1. The molecule has 5 heteroatoms. The van der Waals surface area contributed by atoms with Gasteiger partial charge in [0.1, 0.15) is 5.69 Å². The Morgan fingerprint density at radius 2 is 2.06 bits per heavy atom. The zero-order valence-corrected chi connectivity index (χ0v) is 11.0. The number of aromatic nitrogens is 2.